The highest BCUT2D eigenvalue weighted by atomic mass is 16.5. The molecule has 1 N–H and O–H groups in total. The lowest BCUT2D eigenvalue weighted by Gasteiger charge is -2.25. The van der Waals surface area contributed by atoms with Crippen LogP contribution in [-0.4, -0.2) is 33.0 Å². The molecule has 1 unspecified atom stereocenters. The first-order valence-corrected chi connectivity index (χ1v) is 6.31. The lowest BCUT2D eigenvalue weighted by Crippen LogP contribution is -2.30. The van der Waals surface area contributed by atoms with E-state index >= 15 is 0 Å². The van der Waals surface area contributed by atoms with E-state index in [1.54, 1.807) is 7.11 Å². The van der Waals surface area contributed by atoms with E-state index in [4.69, 9.17) is 9.47 Å². The van der Waals surface area contributed by atoms with Gasteiger partial charge in [-0.15, -0.1) is 0 Å². The van der Waals surface area contributed by atoms with E-state index in [2.05, 4.69) is 29.6 Å². The van der Waals surface area contributed by atoms with Gasteiger partial charge in [-0.3, -0.25) is 0 Å². The van der Waals surface area contributed by atoms with Gasteiger partial charge in [0, 0.05) is 25.4 Å². The molecule has 1 saturated heterocycles. The van der Waals surface area contributed by atoms with E-state index < -0.39 is 0 Å². The van der Waals surface area contributed by atoms with Crippen molar-refractivity contribution in [3.05, 3.63) is 29.8 Å². The second kappa shape index (κ2) is 6.62. The van der Waals surface area contributed by atoms with Crippen LogP contribution in [0.1, 0.15) is 18.4 Å². The van der Waals surface area contributed by atoms with Crippen LogP contribution in [0.25, 0.3) is 0 Å². The van der Waals surface area contributed by atoms with Gasteiger partial charge >= 0.3 is 0 Å². The number of benzene rings is 1. The molecule has 0 aromatic heterocycles. The molecule has 1 atom stereocenters. The van der Waals surface area contributed by atoms with E-state index in [1.165, 1.54) is 17.7 Å². The Labute approximate surface area is 103 Å². The zero-order chi connectivity index (χ0) is 11.9. The van der Waals surface area contributed by atoms with Gasteiger partial charge in [0.1, 0.15) is 0 Å². The van der Waals surface area contributed by atoms with Crippen LogP contribution in [0, 0.1) is 0 Å². The second-order valence-electron chi connectivity index (χ2n) is 4.46. The molecule has 0 saturated carbocycles. The van der Waals surface area contributed by atoms with Gasteiger partial charge in [-0.2, -0.15) is 0 Å². The molecule has 1 aliphatic heterocycles. The minimum absolute atomic E-state index is 0.451. The molecule has 0 bridgehead atoms. The van der Waals surface area contributed by atoms with Crippen molar-refractivity contribution in [2.75, 3.05) is 32.2 Å². The Hall–Kier alpha value is -1.06. The molecule has 17 heavy (non-hydrogen) atoms. The van der Waals surface area contributed by atoms with Gasteiger partial charge in [0.2, 0.25) is 0 Å². The normalized spacial score (nSPS) is 20.2. The Morgan fingerprint density at radius 1 is 1.41 bits per heavy atom. The third-order valence-electron chi connectivity index (χ3n) is 3.11. The Kier molecular flexibility index (Phi) is 4.83. The van der Waals surface area contributed by atoms with Crippen LogP contribution < -0.4 is 5.32 Å². The van der Waals surface area contributed by atoms with Crippen molar-refractivity contribution in [2.24, 2.45) is 0 Å². The lowest BCUT2D eigenvalue weighted by molar-refractivity contribution is 0.0876. The minimum atomic E-state index is 0.451. The molecule has 0 radical (unpaired) electrons. The Morgan fingerprint density at radius 2 is 2.29 bits per heavy atom. The third kappa shape index (κ3) is 3.72. The Balaban J connectivity index is 1.98. The van der Waals surface area contributed by atoms with Crippen molar-refractivity contribution >= 4 is 5.69 Å². The van der Waals surface area contributed by atoms with Gasteiger partial charge in [0.05, 0.1) is 13.2 Å². The van der Waals surface area contributed by atoms with Gasteiger partial charge in [-0.1, -0.05) is 18.2 Å². The number of hydrogen-bond donors (Lipinski definition) is 1. The van der Waals surface area contributed by atoms with Gasteiger partial charge in [0.15, 0.2) is 0 Å². The number of ether oxygens (including phenoxy) is 2. The summed E-state index contributed by atoms with van der Waals surface area (Å²) in [5.74, 6) is 0. The standard InChI is InChI=1S/C14H21NO2/c1-16-10-8-12-5-2-3-7-14(12)15-13-6-4-9-17-11-13/h2-3,5,7,13,15H,4,6,8-11H2,1H3. The van der Waals surface area contributed by atoms with E-state index in [9.17, 15) is 0 Å². The summed E-state index contributed by atoms with van der Waals surface area (Å²) in [5, 5.41) is 3.58. The average Bonchev–Trinajstić information content (AvgIpc) is 2.39. The quantitative estimate of drug-likeness (QED) is 0.850. The summed E-state index contributed by atoms with van der Waals surface area (Å²) in [6, 6.07) is 8.90. The lowest BCUT2D eigenvalue weighted by atomic mass is 10.1. The molecule has 2 rings (SSSR count). The first-order chi connectivity index (χ1) is 8.40. The molecular weight excluding hydrogens is 214 g/mol. The fraction of sp³-hybridized carbons (Fsp3) is 0.571. The molecule has 3 nitrogen and oxygen atoms in total. The topological polar surface area (TPSA) is 30.5 Å². The van der Waals surface area contributed by atoms with Crippen molar-refractivity contribution < 1.29 is 9.47 Å². The van der Waals surface area contributed by atoms with Crippen molar-refractivity contribution in [1.82, 2.24) is 0 Å². The van der Waals surface area contributed by atoms with Gasteiger partial charge in [-0.05, 0) is 30.9 Å². The largest absolute Gasteiger partial charge is 0.384 e. The molecule has 1 aromatic rings. The molecule has 94 valence electrons. The summed E-state index contributed by atoms with van der Waals surface area (Å²) in [7, 11) is 1.74. The zero-order valence-corrected chi connectivity index (χ0v) is 10.4. The van der Waals surface area contributed by atoms with Crippen LogP contribution >= 0.6 is 0 Å². The summed E-state index contributed by atoms with van der Waals surface area (Å²) >= 11 is 0. The molecule has 0 spiro atoms. The Bertz CT molecular complexity index is 335. The third-order valence-corrected chi connectivity index (χ3v) is 3.11. The predicted octanol–water partition coefficient (Wildman–Crippen LogP) is 2.47. The molecule has 1 heterocycles. The fourth-order valence-electron chi connectivity index (χ4n) is 2.17. The van der Waals surface area contributed by atoms with E-state index in [1.807, 2.05) is 0 Å². The van der Waals surface area contributed by atoms with Crippen molar-refractivity contribution in [2.45, 2.75) is 25.3 Å². The molecule has 3 heteroatoms. The predicted molar refractivity (Wildman–Crippen MR) is 69.5 cm³/mol. The second-order valence-corrected chi connectivity index (χ2v) is 4.46. The number of nitrogens with one attached hydrogen (secondary N) is 1. The molecule has 1 aliphatic rings. The van der Waals surface area contributed by atoms with Crippen LogP contribution in [0.5, 0.6) is 0 Å². The van der Waals surface area contributed by atoms with Crippen LogP contribution in [0.15, 0.2) is 24.3 Å². The highest BCUT2D eigenvalue weighted by molar-refractivity contribution is 5.52. The van der Waals surface area contributed by atoms with E-state index in [0.29, 0.717) is 6.04 Å². The van der Waals surface area contributed by atoms with Gasteiger partial charge < -0.3 is 14.8 Å². The van der Waals surface area contributed by atoms with E-state index in [0.717, 1.165) is 32.7 Å². The summed E-state index contributed by atoms with van der Waals surface area (Å²) in [4.78, 5) is 0. The fourth-order valence-corrected chi connectivity index (χ4v) is 2.17. The average molecular weight is 235 g/mol. The maximum Gasteiger partial charge on any atom is 0.0667 e. The monoisotopic (exact) mass is 235 g/mol. The van der Waals surface area contributed by atoms with Crippen molar-refractivity contribution in [3.63, 3.8) is 0 Å². The summed E-state index contributed by atoms with van der Waals surface area (Å²) < 4.78 is 10.6. The highest BCUT2D eigenvalue weighted by Gasteiger charge is 2.14. The molecule has 0 amide bonds. The molecule has 1 aromatic carbocycles. The van der Waals surface area contributed by atoms with Crippen LogP contribution in [0.4, 0.5) is 5.69 Å². The summed E-state index contributed by atoms with van der Waals surface area (Å²) in [5.41, 5.74) is 2.54. The number of hydrogen-bond acceptors (Lipinski definition) is 3. The van der Waals surface area contributed by atoms with E-state index in [-0.39, 0.29) is 0 Å². The number of methoxy groups -OCH3 is 1. The molecule has 1 fully saturated rings. The minimum Gasteiger partial charge on any atom is -0.384 e. The van der Waals surface area contributed by atoms with Gasteiger partial charge in [-0.25, -0.2) is 0 Å². The zero-order valence-electron chi connectivity index (χ0n) is 10.4. The number of para-hydroxylation sites is 1. The molecule has 0 aliphatic carbocycles. The maximum absolute atomic E-state index is 5.49. The summed E-state index contributed by atoms with van der Waals surface area (Å²) in [6.07, 6.45) is 3.30. The smallest absolute Gasteiger partial charge is 0.0667 e. The van der Waals surface area contributed by atoms with Crippen LogP contribution in [0.3, 0.4) is 0 Å². The van der Waals surface area contributed by atoms with Crippen LogP contribution in [0.2, 0.25) is 0 Å². The first kappa shape index (κ1) is 12.4. The number of rotatable bonds is 5. The SMILES string of the molecule is COCCc1ccccc1NC1CCCOC1. The van der Waals surface area contributed by atoms with Crippen molar-refractivity contribution in [1.29, 1.82) is 0 Å². The highest BCUT2D eigenvalue weighted by Crippen LogP contribution is 2.19. The summed E-state index contributed by atoms with van der Waals surface area (Å²) in [6.45, 7) is 2.49. The Morgan fingerprint density at radius 3 is 3.06 bits per heavy atom. The van der Waals surface area contributed by atoms with Gasteiger partial charge in [0.25, 0.3) is 0 Å². The van der Waals surface area contributed by atoms with Crippen LogP contribution in [-0.2, 0) is 15.9 Å². The number of anilines is 1. The van der Waals surface area contributed by atoms with Crippen molar-refractivity contribution in [3.8, 4) is 0 Å². The first-order valence-electron chi connectivity index (χ1n) is 6.31. The maximum atomic E-state index is 5.49. The molecular formula is C14H21NO2.